The molecule has 0 bridgehead atoms. The van der Waals surface area contributed by atoms with Crippen molar-refractivity contribution < 1.29 is 23.8 Å². The van der Waals surface area contributed by atoms with E-state index in [1.807, 2.05) is 31.2 Å². The molecule has 138 valence electrons. The molecule has 1 atom stereocenters. The van der Waals surface area contributed by atoms with Crippen molar-refractivity contribution >= 4 is 23.5 Å². The first-order valence-electron chi connectivity index (χ1n) is 7.88. The second kappa shape index (κ2) is 9.10. The largest absolute Gasteiger partial charge is 0.497 e. The monoisotopic (exact) mass is 377 g/mol. The number of rotatable bonds is 7. The van der Waals surface area contributed by atoms with Gasteiger partial charge in [0.25, 0.3) is 5.91 Å². The Morgan fingerprint density at radius 2 is 1.88 bits per heavy atom. The smallest absolute Gasteiger partial charge is 0.342 e. The van der Waals surface area contributed by atoms with Gasteiger partial charge < -0.3 is 19.5 Å². The molecule has 0 spiro atoms. The summed E-state index contributed by atoms with van der Waals surface area (Å²) in [5, 5.41) is 3.20. The SMILES string of the molecule is COc1cccc([C@H](C)NC(=O)COC(=O)c2ccc(Cl)cc2OC)c1. The van der Waals surface area contributed by atoms with E-state index in [0.717, 1.165) is 5.56 Å². The molecule has 0 aliphatic rings. The van der Waals surface area contributed by atoms with Gasteiger partial charge in [-0.2, -0.15) is 0 Å². The highest BCUT2D eigenvalue weighted by Crippen LogP contribution is 2.24. The van der Waals surface area contributed by atoms with Crippen LogP contribution in [0, 0.1) is 0 Å². The number of carbonyl (C=O) groups excluding carboxylic acids is 2. The van der Waals surface area contributed by atoms with E-state index in [1.54, 1.807) is 13.2 Å². The Morgan fingerprint density at radius 3 is 2.58 bits per heavy atom. The zero-order valence-corrected chi connectivity index (χ0v) is 15.5. The average molecular weight is 378 g/mol. The molecule has 0 aliphatic carbocycles. The number of methoxy groups -OCH3 is 2. The van der Waals surface area contributed by atoms with Gasteiger partial charge in [-0.3, -0.25) is 4.79 Å². The Balaban J connectivity index is 1.93. The van der Waals surface area contributed by atoms with Gasteiger partial charge in [0.2, 0.25) is 0 Å². The van der Waals surface area contributed by atoms with E-state index in [4.69, 9.17) is 25.8 Å². The van der Waals surface area contributed by atoms with Crippen LogP contribution in [0.3, 0.4) is 0 Å². The number of nitrogens with one attached hydrogen (secondary N) is 1. The maximum atomic E-state index is 12.1. The summed E-state index contributed by atoms with van der Waals surface area (Å²) in [6, 6.07) is 11.6. The van der Waals surface area contributed by atoms with Crippen molar-refractivity contribution in [3.8, 4) is 11.5 Å². The van der Waals surface area contributed by atoms with Crippen molar-refractivity contribution in [3.05, 3.63) is 58.6 Å². The summed E-state index contributed by atoms with van der Waals surface area (Å²) in [5.74, 6) is -0.0955. The van der Waals surface area contributed by atoms with Crippen molar-refractivity contribution in [2.75, 3.05) is 20.8 Å². The number of carbonyl (C=O) groups is 2. The minimum Gasteiger partial charge on any atom is -0.497 e. The van der Waals surface area contributed by atoms with E-state index >= 15 is 0 Å². The zero-order chi connectivity index (χ0) is 19.1. The van der Waals surface area contributed by atoms with Crippen LogP contribution in [0.15, 0.2) is 42.5 Å². The molecule has 0 saturated carbocycles. The molecule has 0 heterocycles. The van der Waals surface area contributed by atoms with Crippen LogP contribution in [0.1, 0.15) is 28.9 Å². The Hall–Kier alpha value is -2.73. The standard InChI is InChI=1S/C19H20ClNO5/c1-12(13-5-4-6-15(9-13)24-2)21-18(22)11-26-19(23)16-8-7-14(20)10-17(16)25-3/h4-10,12H,11H2,1-3H3,(H,21,22)/t12-/m0/s1. The third kappa shape index (κ3) is 5.13. The minimum atomic E-state index is -0.664. The molecular formula is C19H20ClNO5. The molecule has 0 aromatic heterocycles. The van der Waals surface area contributed by atoms with E-state index in [0.29, 0.717) is 10.8 Å². The van der Waals surface area contributed by atoms with Crippen LogP contribution in [0.2, 0.25) is 5.02 Å². The lowest BCUT2D eigenvalue weighted by Gasteiger charge is -2.15. The highest BCUT2D eigenvalue weighted by molar-refractivity contribution is 6.30. The number of hydrogen-bond donors (Lipinski definition) is 1. The number of amides is 1. The van der Waals surface area contributed by atoms with Gasteiger partial charge in [-0.1, -0.05) is 23.7 Å². The van der Waals surface area contributed by atoms with E-state index in [-0.39, 0.29) is 17.4 Å². The molecule has 7 heteroatoms. The maximum absolute atomic E-state index is 12.1. The van der Waals surface area contributed by atoms with Crippen molar-refractivity contribution in [1.82, 2.24) is 5.32 Å². The van der Waals surface area contributed by atoms with Crippen LogP contribution >= 0.6 is 11.6 Å². The second-order valence-electron chi connectivity index (χ2n) is 5.49. The van der Waals surface area contributed by atoms with Gasteiger partial charge >= 0.3 is 5.97 Å². The fourth-order valence-electron chi connectivity index (χ4n) is 2.32. The van der Waals surface area contributed by atoms with Crippen LogP contribution < -0.4 is 14.8 Å². The molecule has 1 amide bonds. The van der Waals surface area contributed by atoms with Gasteiger partial charge in [0.1, 0.15) is 17.1 Å². The summed E-state index contributed by atoms with van der Waals surface area (Å²) in [6.45, 7) is 1.43. The summed E-state index contributed by atoms with van der Waals surface area (Å²) in [7, 11) is 3.00. The van der Waals surface area contributed by atoms with Crippen LogP contribution in [-0.4, -0.2) is 32.7 Å². The Morgan fingerprint density at radius 1 is 1.12 bits per heavy atom. The first kappa shape index (κ1) is 19.6. The number of ether oxygens (including phenoxy) is 3. The topological polar surface area (TPSA) is 73.9 Å². The number of benzene rings is 2. The number of hydrogen-bond acceptors (Lipinski definition) is 5. The van der Waals surface area contributed by atoms with Crippen LogP contribution in [0.5, 0.6) is 11.5 Å². The third-order valence-corrected chi connectivity index (χ3v) is 3.92. The molecule has 2 aromatic rings. The van der Waals surface area contributed by atoms with Crippen LogP contribution in [-0.2, 0) is 9.53 Å². The molecule has 0 radical (unpaired) electrons. The van der Waals surface area contributed by atoms with Gasteiger partial charge in [-0.15, -0.1) is 0 Å². The molecule has 0 fully saturated rings. The fourth-order valence-corrected chi connectivity index (χ4v) is 2.48. The maximum Gasteiger partial charge on any atom is 0.342 e. The molecule has 2 rings (SSSR count). The van der Waals surface area contributed by atoms with Gasteiger partial charge in [-0.25, -0.2) is 4.79 Å². The summed E-state index contributed by atoms with van der Waals surface area (Å²) < 4.78 is 15.3. The van der Waals surface area contributed by atoms with Crippen LogP contribution in [0.25, 0.3) is 0 Å². The molecule has 0 aliphatic heterocycles. The summed E-state index contributed by atoms with van der Waals surface area (Å²) >= 11 is 5.86. The van der Waals surface area contributed by atoms with E-state index < -0.39 is 18.5 Å². The Kier molecular flexibility index (Phi) is 6.86. The zero-order valence-electron chi connectivity index (χ0n) is 14.7. The molecule has 2 aromatic carbocycles. The molecule has 26 heavy (non-hydrogen) atoms. The third-order valence-electron chi connectivity index (χ3n) is 3.69. The molecular weight excluding hydrogens is 358 g/mol. The predicted octanol–water partition coefficient (Wildman–Crippen LogP) is 3.39. The Bertz CT molecular complexity index is 793. The normalized spacial score (nSPS) is 11.4. The van der Waals surface area contributed by atoms with Gasteiger partial charge in [0.15, 0.2) is 6.61 Å². The fraction of sp³-hybridized carbons (Fsp3) is 0.263. The first-order chi connectivity index (χ1) is 12.4. The highest BCUT2D eigenvalue weighted by Gasteiger charge is 2.17. The molecule has 0 saturated heterocycles. The lowest BCUT2D eigenvalue weighted by Crippen LogP contribution is -2.31. The van der Waals surface area contributed by atoms with Gasteiger partial charge in [0.05, 0.1) is 20.3 Å². The van der Waals surface area contributed by atoms with Crippen LogP contribution in [0.4, 0.5) is 0 Å². The van der Waals surface area contributed by atoms with E-state index in [9.17, 15) is 9.59 Å². The number of halogens is 1. The molecule has 1 N–H and O–H groups in total. The van der Waals surface area contributed by atoms with Crippen molar-refractivity contribution in [3.63, 3.8) is 0 Å². The predicted molar refractivity (Wildman–Crippen MR) is 97.8 cm³/mol. The molecule has 6 nitrogen and oxygen atoms in total. The summed E-state index contributed by atoms with van der Waals surface area (Å²) in [6.07, 6.45) is 0. The number of esters is 1. The molecule has 0 unspecified atom stereocenters. The highest BCUT2D eigenvalue weighted by atomic mass is 35.5. The van der Waals surface area contributed by atoms with E-state index in [1.165, 1.54) is 19.2 Å². The van der Waals surface area contributed by atoms with Crippen molar-refractivity contribution in [2.45, 2.75) is 13.0 Å². The van der Waals surface area contributed by atoms with Gasteiger partial charge in [-0.05, 0) is 42.8 Å². The quantitative estimate of drug-likeness (QED) is 0.748. The lowest BCUT2D eigenvalue weighted by molar-refractivity contribution is -0.124. The summed E-state index contributed by atoms with van der Waals surface area (Å²) in [5.41, 5.74) is 1.08. The minimum absolute atomic E-state index is 0.200. The summed E-state index contributed by atoms with van der Waals surface area (Å²) in [4.78, 5) is 24.2. The van der Waals surface area contributed by atoms with Crippen molar-refractivity contribution in [2.24, 2.45) is 0 Å². The first-order valence-corrected chi connectivity index (χ1v) is 8.26. The lowest BCUT2D eigenvalue weighted by atomic mass is 10.1. The second-order valence-corrected chi connectivity index (χ2v) is 5.92. The van der Waals surface area contributed by atoms with Gasteiger partial charge in [0, 0.05) is 5.02 Å². The Labute approximate surface area is 157 Å². The van der Waals surface area contributed by atoms with E-state index in [2.05, 4.69) is 5.32 Å². The average Bonchev–Trinajstić information content (AvgIpc) is 2.65. The van der Waals surface area contributed by atoms with Crippen molar-refractivity contribution in [1.29, 1.82) is 0 Å².